The molecule has 0 saturated heterocycles. The molecule has 366 valence electrons. The topological polar surface area (TPSA) is 162 Å². The number of oxime groups is 1. The van der Waals surface area contributed by atoms with Crippen LogP contribution in [0.25, 0.3) is 0 Å². The van der Waals surface area contributed by atoms with Crippen LogP contribution in [-0.2, 0) is 29.3 Å². The second kappa shape index (κ2) is 23.1. The number of halogens is 2. The zero-order valence-electron chi connectivity index (χ0n) is 38.7. The number of carbonyl (C=O) groups excluding carboxylic acids is 1. The van der Waals surface area contributed by atoms with Crippen molar-refractivity contribution in [3.63, 3.8) is 0 Å². The van der Waals surface area contributed by atoms with Crippen LogP contribution in [0.2, 0.25) is 0 Å². The number of aliphatic hydroxyl groups excluding tert-OH is 2. The highest BCUT2D eigenvalue weighted by Gasteiger charge is 2.66. The fourth-order valence-electron chi connectivity index (χ4n) is 10.2. The molecule has 15 heteroatoms. The van der Waals surface area contributed by atoms with Crippen LogP contribution in [0.5, 0.6) is 17.2 Å². The number of aliphatic hydroxyl groups is 2. The van der Waals surface area contributed by atoms with Crippen LogP contribution >= 0.6 is 0 Å². The SMILES string of the molecule is C=CCO[C@@]12Oc3ccc(OCc4ccccc4F)cc3[C@H]3[C@H](CCCCO)[C@@H](CCCCO)C=C(C(=NOCc4ccccc4)C[C@@H]1N(Cc1ccc(F)cc1)C(=O)Oc1ccc([N+](=O)[O-])cc1)[C@H]32. The van der Waals surface area contributed by atoms with E-state index in [1.807, 2.05) is 36.4 Å². The first-order valence-corrected chi connectivity index (χ1v) is 23.7. The minimum atomic E-state index is -1.69. The predicted octanol–water partition coefficient (Wildman–Crippen LogP) is 11.0. The van der Waals surface area contributed by atoms with Crippen LogP contribution in [0.4, 0.5) is 19.3 Å². The molecule has 3 aliphatic rings. The molecule has 2 N–H and O–H groups in total. The molecule has 70 heavy (non-hydrogen) atoms. The first-order chi connectivity index (χ1) is 34.1. The van der Waals surface area contributed by atoms with Crippen LogP contribution in [-0.4, -0.2) is 63.5 Å². The van der Waals surface area contributed by atoms with Gasteiger partial charge in [-0.25, -0.2) is 13.6 Å². The second-order valence-electron chi connectivity index (χ2n) is 17.8. The highest BCUT2D eigenvalue weighted by molar-refractivity contribution is 6.03. The number of benzene rings is 5. The number of unbranched alkanes of at least 4 members (excludes halogenated alkanes) is 2. The summed E-state index contributed by atoms with van der Waals surface area (Å²) in [5.74, 6) is -2.86. The number of non-ortho nitro benzene ring substituents is 1. The summed E-state index contributed by atoms with van der Waals surface area (Å²) in [7, 11) is 0. The average Bonchev–Trinajstić information content (AvgIpc) is 3.37. The van der Waals surface area contributed by atoms with Gasteiger partial charge in [-0.2, -0.15) is 0 Å². The fourth-order valence-corrected chi connectivity index (χ4v) is 10.2. The largest absolute Gasteiger partial charge is 0.489 e. The maximum absolute atomic E-state index is 15.1. The smallest absolute Gasteiger partial charge is 0.416 e. The number of amides is 1. The van der Waals surface area contributed by atoms with E-state index in [2.05, 4.69) is 12.7 Å². The normalized spacial score (nSPS) is 21.6. The van der Waals surface area contributed by atoms with Crippen molar-refractivity contribution in [2.24, 2.45) is 22.9 Å². The van der Waals surface area contributed by atoms with Crippen LogP contribution in [0.3, 0.4) is 0 Å². The highest BCUT2D eigenvalue weighted by Crippen LogP contribution is 2.62. The van der Waals surface area contributed by atoms with E-state index < -0.39 is 46.3 Å². The van der Waals surface area contributed by atoms with Gasteiger partial charge in [0.15, 0.2) is 0 Å². The number of carbonyl (C=O) groups is 1. The summed E-state index contributed by atoms with van der Waals surface area (Å²) in [6, 6.07) is 31.3. The minimum Gasteiger partial charge on any atom is -0.489 e. The van der Waals surface area contributed by atoms with Crippen LogP contribution in [0, 0.1) is 39.5 Å². The molecule has 1 saturated carbocycles. The van der Waals surface area contributed by atoms with Crippen molar-refractivity contribution in [1.82, 2.24) is 4.90 Å². The van der Waals surface area contributed by atoms with Crippen molar-refractivity contribution in [2.75, 3.05) is 19.8 Å². The molecule has 1 heterocycles. The fraction of sp³-hybridized carbons (Fsp3) is 0.345. The Morgan fingerprint density at radius 2 is 1.59 bits per heavy atom. The molecule has 1 fully saturated rings. The third-order valence-electron chi connectivity index (χ3n) is 13.4. The lowest BCUT2D eigenvalue weighted by Crippen LogP contribution is -2.70. The van der Waals surface area contributed by atoms with E-state index in [0.29, 0.717) is 54.0 Å². The summed E-state index contributed by atoms with van der Waals surface area (Å²) in [6.07, 6.45) is 6.97. The summed E-state index contributed by atoms with van der Waals surface area (Å²) < 4.78 is 56.1. The number of ether oxygens (including phenoxy) is 4. The molecule has 1 amide bonds. The van der Waals surface area contributed by atoms with Gasteiger partial charge in [-0.05, 0) is 103 Å². The van der Waals surface area contributed by atoms with Crippen LogP contribution in [0.15, 0.2) is 151 Å². The molecule has 0 spiro atoms. The zero-order valence-corrected chi connectivity index (χ0v) is 38.7. The van der Waals surface area contributed by atoms with Crippen molar-refractivity contribution in [2.45, 2.75) is 82.5 Å². The van der Waals surface area contributed by atoms with E-state index >= 15 is 4.79 Å². The molecule has 5 aromatic rings. The third-order valence-corrected chi connectivity index (χ3v) is 13.4. The van der Waals surface area contributed by atoms with Gasteiger partial charge >= 0.3 is 6.09 Å². The number of hydrogen-bond donors (Lipinski definition) is 2. The van der Waals surface area contributed by atoms with Gasteiger partial charge < -0.3 is 34.0 Å². The zero-order chi connectivity index (χ0) is 49.0. The monoisotopic (exact) mass is 957 g/mol. The summed E-state index contributed by atoms with van der Waals surface area (Å²) in [6.45, 7) is 4.01. The van der Waals surface area contributed by atoms with Gasteiger partial charge in [0.25, 0.3) is 5.69 Å². The Morgan fingerprint density at radius 3 is 2.30 bits per heavy atom. The molecule has 5 aromatic carbocycles. The van der Waals surface area contributed by atoms with E-state index in [1.54, 1.807) is 48.5 Å². The predicted molar refractivity (Wildman–Crippen MR) is 258 cm³/mol. The second-order valence-corrected chi connectivity index (χ2v) is 17.8. The van der Waals surface area contributed by atoms with Crippen molar-refractivity contribution in [3.05, 3.63) is 190 Å². The lowest BCUT2D eigenvalue weighted by molar-refractivity contribution is -0.384. The van der Waals surface area contributed by atoms with E-state index in [-0.39, 0.29) is 69.3 Å². The van der Waals surface area contributed by atoms with Crippen molar-refractivity contribution in [1.29, 1.82) is 0 Å². The van der Waals surface area contributed by atoms with Gasteiger partial charge in [-0.15, -0.1) is 6.58 Å². The molecule has 1 aliphatic heterocycles. The summed E-state index contributed by atoms with van der Waals surface area (Å²) >= 11 is 0. The van der Waals surface area contributed by atoms with E-state index in [0.717, 1.165) is 29.5 Å². The van der Waals surface area contributed by atoms with Gasteiger partial charge in [0.2, 0.25) is 5.79 Å². The molecule has 0 bridgehead atoms. The first kappa shape index (κ1) is 49.5. The van der Waals surface area contributed by atoms with Gasteiger partial charge in [0.05, 0.1) is 23.2 Å². The van der Waals surface area contributed by atoms with Gasteiger partial charge in [-0.3, -0.25) is 15.0 Å². The number of allylic oxidation sites excluding steroid dienone is 1. The molecule has 13 nitrogen and oxygen atoms in total. The third kappa shape index (κ3) is 11.2. The Kier molecular flexibility index (Phi) is 16.3. The maximum Gasteiger partial charge on any atom is 0.416 e. The lowest BCUT2D eigenvalue weighted by Gasteiger charge is -2.59. The Labute approximate surface area is 405 Å². The quantitative estimate of drug-likeness (QED) is 0.0295. The van der Waals surface area contributed by atoms with Gasteiger partial charge in [0, 0.05) is 55.4 Å². The maximum atomic E-state index is 15.1. The number of nitro benzene ring substituents is 1. The molecule has 0 unspecified atom stereocenters. The molecule has 0 aromatic heterocycles. The molecule has 2 aliphatic carbocycles. The number of nitrogens with zero attached hydrogens (tertiary/aromatic N) is 3. The minimum absolute atomic E-state index is 0.00402. The van der Waals surface area contributed by atoms with Crippen molar-refractivity contribution < 1.29 is 52.5 Å². The van der Waals surface area contributed by atoms with Crippen LogP contribution < -0.4 is 14.2 Å². The number of rotatable bonds is 22. The Balaban J connectivity index is 1.33. The molecular formula is C55H57F2N3O10. The molecule has 6 atom stereocenters. The Morgan fingerprint density at radius 1 is 0.871 bits per heavy atom. The van der Waals surface area contributed by atoms with Crippen LogP contribution in [0.1, 0.15) is 73.1 Å². The Hall–Kier alpha value is -6.94. The number of nitro groups is 1. The lowest BCUT2D eigenvalue weighted by atomic mass is 9.55. The standard InChI is InChI=1S/C55H57F2N3O10/c1-2-30-67-55-51(59(34-37-18-20-41(56)21-19-37)54(63)69-43-24-22-42(23-25-43)60(64)65)33-49(58-68-35-38-12-4-3-5-13-38)46-31-39(14-8-10-28-61)45(16-9-11-29-62)52(53(46)55)47-32-44(26-27-50(47)70-55)66-36-40-15-6-7-17-48(40)57/h2-7,12-13,15,17-27,31-32,39,45,51-53,61-62H,1,8-11,14,16,28-30,33-36H2/t39-,45+,51-,52+,53+,55+/m0/s1. The molecule has 0 radical (unpaired) electrons. The van der Waals surface area contributed by atoms with E-state index in [4.69, 9.17) is 28.9 Å². The molecular weight excluding hydrogens is 901 g/mol. The summed E-state index contributed by atoms with van der Waals surface area (Å²) in [5, 5.41) is 36.5. The van der Waals surface area contributed by atoms with Gasteiger partial charge in [0.1, 0.15) is 48.1 Å². The highest BCUT2D eigenvalue weighted by atomic mass is 19.1. The van der Waals surface area contributed by atoms with E-state index in [9.17, 15) is 29.1 Å². The summed E-state index contributed by atoms with van der Waals surface area (Å²) in [4.78, 5) is 33.8. The van der Waals surface area contributed by atoms with Gasteiger partial charge in [-0.1, -0.05) is 90.8 Å². The number of hydrogen-bond acceptors (Lipinski definition) is 11. The van der Waals surface area contributed by atoms with E-state index in [1.165, 1.54) is 47.4 Å². The average molecular weight is 958 g/mol. The number of fused-ring (bicyclic) bond motifs is 2. The Bertz CT molecular complexity index is 2650. The van der Waals surface area contributed by atoms with Crippen molar-refractivity contribution in [3.8, 4) is 17.2 Å². The summed E-state index contributed by atoms with van der Waals surface area (Å²) in [5.41, 5.74) is 3.75. The van der Waals surface area contributed by atoms with Crippen molar-refractivity contribution >= 4 is 17.5 Å². The molecule has 8 rings (SSSR count). The first-order valence-electron chi connectivity index (χ1n) is 23.7.